The van der Waals surface area contributed by atoms with Crippen LogP contribution < -0.4 is 5.32 Å². The van der Waals surface area contributed by atoms with Crippen LogP contribution in [0.5, 0.6) is 0 Å². The van der Waals surface area contributed by atoms with E-state index < -0.39 is 0 Å². The summed E-state index contributed by atoms with van der Waals surface area (Å²) in [6.07, 6.45) is 0. The lowest BCUT2D eigenvalue weighted by Crippen LogP contribution is -2.24. The maximum absolute atomic E-state index is 11.1. The molecule has 1 N–H and O–H groups in total. The molecule has 0 fully saturated rings. The van der Waals surface area contributed by atoms with E-state index >= 15 is 0 Å². The molecule has 0 bridgehead atoms. The van der Waals surface area contributed by atoms with Gasteiger partial charge >= 0.3 is 5.97 Å². The maximum Gasteiger partial charge on any atom is 0.321 e. The minimum atomic E-state index is -0.369. The highest BCUT2D eigenvalue weighted by molar-refractivity contribution is 9.10. The van der Waals surface area contributed by atoms with Crippen molar-refractivity contribution in [2.24, 2.45) is 0 Å². The molecule has 0 saturated carbocycles. The highest BCUT2D eigenvalue weighted by atomic mass is 79.9. The monoisotopic (exact) mass is 369 g/mol. The van der Waals surface area contributed by atoms with E-state index in [0.717, 1.165) is 10.2 Å². The first-order valence-electron chi connectivity index (χ1n) is 4.45. The van der Waals surface area contributed by atoms with E-state index in [1.807, 2.05) is 12.1 Å². The second kappa shape index (κ2) is 6.47. The standard InChI is InChI=1S/C10H10Br2ClNO2/c1-16-10(15)8(12)5-14-6-2-3-9(13)7(11)4-6/h2-4,8,14H,5H2,1H3. The van der Waals surface area contributed by atoms with Crippen LogP contribution in [0.2, 0.25) is 5.02 Å². The fraction of sp³-hybridized carbons (Fsp3) is 0.300. The van der Waals surface area contributed by atoms with Gasteiger partial charge in [-0.1, -0.05) is 27.5 Å². The molecule has 0 aromatic heterocycles. The summed E-state index contributed by atoms with van der Waals surface area (Å²) in [5.74, 6) is -0.305. The molecule has 1 rings (SSSR count). The third kappa shape index (κ3) is 3.96. The highest BCUT2D eigenvalue weighted by Gasteiger charge is 2.14. The third-order valence-electron chi connectivity index (χ3n) is 1.86. The molecular weight excluding hydrogens is 361 g/mol. The lowest BCUT2D eigenvalue weighted by Gasteiger charge is -2.10. The van der Waals surface area contributed by atoms with Gasteiger partial charge in [-0.2, -0.15) is 0 Å². The Morgan fingerprint density at radius 3 is 2.88 bits per heavy atom. The number of carbonyl (C=O) groups is 1. The number of nitrogens with one attached hydrogen (secondary N) is 1. The Hall–Kier alpha value is -0.260. The van der Waals surface area contributed by atoms with E-state index in [4.69, 9.17) is 11.6 Å². The van der Waals surface area contributed by atoms with Crippen LogP contribution in [0.3, 0.4) is 0 Å². The van der Waals surface area contributed by atoms with Crippen molar-refractivity contribution in [2.75, 3.05) is 19.0 Å². The van der Waals surface area contributed by atoms with Gasteiger partial charge in [0.25, 0.3) is 0 Å². The highest BCUT2D eigenvalue weighted by Crippen LogP contribution is 2.25. The summed E-state index contributed by atoms with van der Waals surface area (Å²) in [5.41, 5.74) is 0.879. The molecule has 0 aliphatic rings. The van der Waals surface area contributed by atoms with Crippen molar-refractivity contribution in [3.8, 4) is 0 Å². The molecule has 1 unspecified atom stereocenters. The number of hydrogen-bond acceptors (Lipinski definition) is 3. The number of ether oxygens (including phenoxy) is 1. The fourth-order valence-electron chi connectivity index (χ4n) is 1.02. The summed E-state index contributed by atoms with van der Waals surface area (Å²) in [7, 11) is 1.36. The van der Waals surface area contributed by atoms with Crippen molar-refractivity contribution in [1.82, 2.24) is 0 Å². The van der Waals surface area contributed by atoms with Crippen LogP contribution in [0.1, 0.15) is 0 Å². The van der Waals surface area contributed by atoms with Crippen molar-refractivity contribution in [3.05, 3.63) is 27.7 Å². The molecule has 1 aromatic rings. The maximum atomic E-state index is 11.1. The molecule has 6 heteroatoms. The predicted molar refractivity (Wildman–Crippen MR) is 72.4 cm³/mol. The molecule has 0 spiro atoms. The Labute approximate surface area is 116 Å². The van der Waals surface area contributed by atoms with Gasteiger partial charge in [-0.05, 0) is 34.1 Å². The van der Waals surface area contributed by atoms with Gasteiger partial charge in [0, 0.05) is 16.7 Å². The third-order valence-corrected chi connectivity index (χ3v) is 3.77. The van der Waals surface area contributed by atoms with E-state index in [1.165, 1.54) is 7.11 Å². The molecule has 0 aliphatic heterocycles. The van der Waals surface area contributed by atoms with Crippen LogP contribution in [-0.2, 0) is 9.53 Å². The quantitative estimate of drug-likeness (QED) is 0.651. The second-order valence-electron chi connectivity index (χ2n) is 3.00. The number of carbonyl (C=O) groups excluding carboxylic acids is 1. The van der Waals surface area contributed by atoms with E-state index in [9.17, 15) is 4.79 Å². The summed E-state index contributed by atoms with van der Waals surface area (Å²) in [6, 6.07) is 5.46. The molecule has 0 amide bonds. The van der Waals surface area contributed by atoms with Crippen LogP contribution in [-0.4, -0.2) is 24.5 Å². The first-order valence-corrected chi connectivity index (χ1v) is 6.54. The fourth-order valence-corrected chi connectivity index (χ4v) is 1.87. The number of alkyl halides is 1. The number of hydrogen-bond donors (Lipinski definition) is 1. The smallest absolute Gasteiger partial charge is 0.321 e. The van der Waals surface area contributed by atoms with Gasteiger partial charge < -0.3 is 10.1 Å². The van der Waals surface area contributed by atoms with E-state index in [0.29, 0.717) is 11.6 Å². The van der Waals surface area contributed by atoms with Gasteiger partial charge in [-0.25, -0.2) is 0 Å². The number of halogens is 3. The predicted octanol–water partition coefficient (Wildman–Crippen LogP) is 3.45. The molecule has 3 nitrogen and oxygen atoms in total. The molecule has 0 aliphatic carbocycles. The summed E-state index contributed by atoms with van der Waals surface area (Å²) < 4.78 is 5.40. The SMILES string of the molecule is COC(=O)C(Br)CNc1ccc(Cl)c(Br)c1. The van der Waals surface area contributed by atoms with Crippen LogP contribution in [0.4, 0.5) is 5.69 Å². The van der Waals surface area contributed by atoms with Gasteiger partial charge in [-0.3, -0.25) is 4.79 Å². The molecule has 1 atom stereocenters. The number of anilines is 1. The number of rotatable bonds is 4. The lowest BCUT2D eigenvalue weighted by molar-refractivity contribution is -0.139. The van der Waals surface area contributed by atoms with Crippen molar-refractivity contribution >= 4 is 55.1 Å². The first-order chi connectivity index (χ1) is 7.54. The Morgan fingerprint density at radius 1 is 1.62 bits per heavy atom. The van der Waals surface area contributed by atoms with Crippen molar-refractivity contribution < 1.29 is 9.53 Å². The van der Waals surface area contributed by atoms with E-state index in [1.54, 1.807) is 6.07 Å². The Kier molecular flexibility index (Phi) is 5.58. The molecule has 0 radical (unpaired) electrons. The van der Waals surface area contributed by atoms with Crippen LogP contribution in [0.15, 0.2) is 22.7 Å². The zero-order chi connectivity index (χ0) is 12.1. The zero-order valence-electron chi connectivity index (χ0n) is 8.47. The Bertz CT molecular complexity index is 387. The van der Waals surface area contributed by atoms with Crippen LogP contribution in [0.25, 0.3) is 0 Å². The van der Waals surface area contributed by atoms with Crippen molar-refractivity contribution in [1.29, 1.82) is 0 Å². The minimum absolute atomic E-state index is 0.305. The number of esters is 1. The molecule has 1 aromatic carbocycles. The molecule has 0 saturated heterocycles. The normalized spacial score (nSPS) is 12.0. The van der Waals surface area contributed by atoms with Crippen molar-refractivity contribution in [2.45, 2.75) is 4.83 Å². The second-order valence-corrected chi connectivity index (χ2v) is 5.37. The average Bonchev–Trinajstić information content (AvgIpc) is 2.29. The van der Waals surface area contributed by atoms with Crippen LogP contribution in [0, 0.1) is 0 Å². The van der Waals surface area contributed by atoms with E-state index in [-0.39, 0.29) is 10.8 Å². The molecule has 16 heavy (non-hydrogen) atoms. The average molecular weight is 371 g/mol. The van der Waals surface area contributed by atoms with Gasteiger partial charge in [0.15, 0.2) is 0 Å². The van der Waals surface area contributed by atoms with Gasteiger partial charge in [0.2, 0.25) is 0 Å². The molecular formula is C10H10Br2ClNO2. The molecule has 88 valence electrons. The number of methoxy groups -OCH3 is 1. The summed E-state index contributed by atoms with van der Waals surface area (Å²) in [4.78, 5) is 10.7. The topological polar surface area (TPSA) is 38.3 Å². The van der Waals surface area contributed by atoms with Gasteiger partial charge in [0.1, 0.15) is 4.83 Å². The minimum Gasteiger partial charge on any atom is -0.468 e. The Morgan fingerprint density at radius 2 is 2.31 bits per heavy atom. The van der Waals surface area contributed by atoms with Gasteiger partial charge in [0.05, 0.1) is 12.1 Å². The first kappa shape index (κ1) is 13.8. The number of benzene rings is 1. The lowest BCUT2D eigenvalue weighted by atomic mass is 10.3. The Balaban J connectivity index is 2.55. The largest absolute Gasteiger partial charge is 0.468 e. The van der Waals surface area contributed by atoms with E-state index in [2.05, 4.69) is 41.9 Å². The van der Waals surface area contributed by atoms with Gasteiger partial charge in [-0.15, -0.1) is 0 Å². The summed E-state index contributed by atoms with van der Waals surface area (Å²) in [5, 5.41) is 3.74. The zero-order valence-corrected chi connectivity index (χ0v) is 12.4. The molecule has 0 heterocycles. The summed E-state index contributed by atoms with van der Waals surface area (Å²) >= 11 is 12.4. The summed E-state index contributed by atoms with van der Waals surface area (Å²) in [6.45, 7) is 0.445. The van der Waals surface area contributed by atoms with Crippen molar-refractivity contribution in [3.63, 3.8) is 0 Å². The van der Waals surface area contributed by atoms with Crippen LogP contribution >= 0.6 is 43.5 Å².